The normalized spacial score (nSPS) is 64.0. The van der Waals surface area contributed by atoms with Crippen LogP contribution in [0.25, 0.3) is 0 Å². The van der Waals surface area contributed by atoms with Gasteiger partial charge in [-0.15, -0.1) is 11.3 Å². The lowest BCUT2D eigenvalue weighted by Crippen LogP contribution is -2.62. The molecule has 0 bridgehead atoms. The highest BCUT2D eigenvalue weighted by Crippen LogP contribution is 2.57. The Kier molecular flexibility index (Phi) is 2.75. The summed E-state index contributed by atoms with van der Waals surface area (Å²) in [5.41, 5.74) is -5.96. The predicted molar refractivity (Wildman–Crippen MR) is 156 cm³/mol. The highest BCUT2D eigenvalue weighted by Gasteiger charge is 2.56. The molecule has 0 saturated carbocycles. The molecule has 1 aliphatic carbocycles. The van der Waals surface area contributed by atoms with Crippen LogP contribution in [0.4, 0.5) is 0 Å². The van der Waals surface area contributed by atoms with Gasteiger partial charge in [0.2, 0.25) is 15.4 Å². The first-order chi connectivity index (χ1) is 35.0. The number of fused-ring (bicyclic) bond motifs is 4. The first-order valence-electron chi connectivity index (χ1n) is 27.9. The highest BCUT2D eigenvalue weighted by atomic mass is 32.1. The van der Waals surface area contributed by atoms with Crippen molar-refractivity contribution in [3.8, 4) is 28.7 Å². The quantitative estimate of drug-likeness (QED) is 0.282. The van der Waals surface area contributed by atoms with Gasteiger partial charge in [0, 0.05) is 15.9 Å². The first kappa shape index (κ1) is 11.0. The molecule has 5 heterocycles. The van der Waals surface area contributed by atoms with Gasteiger partial charge in [0.25, 0.3) is 1.43 Å². The van der Waals surface area contributed by atoms with Crippen molar-refractivity contribution in [1.29, 1.82) is 4.29 Å². The molecule has 244 valence electrons. The molecule has 10 atom stereocenters. The van der Waals surface area contributed by atoms with Crippen LogP contribution in [0.15, 0.2) is 41.6 Å². The zero-order valence-electron chi connectivity index (χ0n) is 53.7. The Bertz CT molecular complexity index is 3050. The van der Waals surface area contributed by atoms with Crippen molar-refractivity contribution in [2.45, 2.75) is 48.8 Å². The van der Waals surface area contributed by atoms with Crippen LogP contribution in [-0.4, -0.2) is 90.1 Å². The van der Waals surface area contributed by atoms with E-state index in [1.54, 1.807) is 0 Å². The largest absolute Gasteiger partial charge is 0.502 e. The van der Waals surface area contributed by atoms with Crippen molar-refractivity contribution in [1.82, 2.24) is 0 Å². The lowest BCUT2D eigenvalue weighted by Gasteiger charge is -2.48. The fourth-order valence-electron chi connectivity index (χ4n) is 4.49. The van der Waals surface area contributed by atoms with E-state index >= 15 is 0 Å². The van der Waals surface area contributed by atoms with Crippen LogP contribution in [0, 0.1) is 11.8 Å². The number of phenols is 1. The van der Waals surface area contributed by atoms with Crippen molar-refractivity contribution in [2.24, 2.45) is 11.8 Å². The van der Waals surface area contributed by atoms with Gasteiger partial charge in [0.05, 0.1) is 76.9 Å². The van der Waals surface area contributed by atoms with E-state index < -0.39 is 192 Å². The summed E-state index contributed by atoms with van der Waals surface area (Å²) in [6.07, 6.45) is -33.0. The molecular weight excluding hydrogens is 624 g/mol. The molecule has 3 fully saturated rings. The Balaban J connectivity index is 1.53. The molecular formula is C32H32O13S. The van der Waals surface area contributed by atoms with E-state index in [1.165, 1.54) is 0 Å². The van der Waals surface area contributed by atoms with Crippen LogP contribution < -0.4 is 18.9 Å². The number of benzene rings is 2. The van der Waals surface area contributed by atoms with Gasteiger partial charge in [-0.1, -0.05) is 6.04 Å². The van der Waals surface area contributed by atoms with Crippen LogP contribution in [-0.2, 0) is 28.5 Å². The maximum absolute atomic E-state index is 14.7. The maximum Gasteiger partial charge on any atom is 0.310 e. The number of esters is 1. The molecule has 1 aromatic heterocycles. The van der Waals surface area contributed by atoms with E-state index in [4.69, 9.17) is 68.9 Å². The lowest BCUT2D eigenvalue weighted by molar-refractivity contribution is -0.368. The number of thiophene rings is 1. The second-order valence-corrected chi connectivity index (χ2v) is 9.71. The molecule has 3 saturated heterocycles. The van der Waals surface area contributed by atoms with Gasteiger partial charge in [-0.05, 0) is 52.3 Å². The molecule has 3 aromatic rings. The minimum atomic E-state index is -5.12. The smallest absolute Gasteiger partial charge is 0.310 e. The summed E-state index contributed by atoms with van der Waals surface area (Å²) >= 11 is -0.0153. The summed E-state index contributed by atoms with van der Waals surface area (Å²) in [7, 11) is -7.69. The fourth-order valence-corrected chi connectivity index (χ4v) is 4.96. The van der Waals surface area contributed by atoms with Gasteiger partial charge < -0.3 is 58.0 Å². The van der Waals surface area contributed by atoms with Gasteiger partial charge in [0.1, 0.15) is 27.1 Å². The molecule has 14 heteroatoms. The van der Waals surface area contributed by atoms with Crippen molar-refractivity contribution < 1.29 is 103 Å². The number of rotatable bonds is 9. The fraction of sp³-hybridized carbons (Fsp3) is 0.469. The first-order valence-corrected chi connectivity index (χ1v) is 13.0. The van der Waals surface area contributed by atoms with Crippen LogP contribution >= 0.6 is 11.3 Å². The zero-order chi connectivity index (χ0) is 59.5. The van der Waals surface area contributed by atoms with Gasteiger partial charge in [-0.2, -0.15) is 0 Å². The van der Waals surface area contributed by atoms with E-state index in [0.717, 1.165) is 0 Å². The van der Waals surface area contributed by atoms with Crippen molar-refractivity contribution in [2.75, 3.05) is 33.9 Å². The SMILES string of the molecule is [2H]Oc1c(OC([2H])([2H])[2H])c([2H])c([C@]2([2H])c3c([2H])c4c(c([2H])c3[C@@]([2H])(O[C@]3([2H])O[C@]5([2H])C([2H])([2H])O[C@@]([2H])(c6sc([2H])c([2H])c6[2H])O[C@@]5([2H])[C@]([2H])(O[2H])[C@@]3([2H])O[2H])[C@@]3([2H])C([2H])([2H])OC(=O)[C@]23[2H])OC([2H])([2H])O4)c([2H])c1OC([2H])([2H])[2H]. The van der Waals surface area contributed by atoms with Gasteiger partial charge in [-0.25, -0.2) is 0 Å². The predicted octanol–water partition coefficient (Wildman–Crippen LogP) is 2.75. The number of cyclic esters (lactones) is 1. The third-order valence-electron chi connectivity index (χ3n) is 6.41. The van der Waals surface area contributed by atoms with Crippen molar-refractivity contribution in [3.63, 3.8) is 0 Å². The Morgan fingerprint density at radius 1 is 1.04 bits per heavy atom. The number of carbonyl (C=O) groups excluding carboxylic acids is 1. The third kappa shape index (κ3) is 4.70. The lowest BCUT2D eigenvalue weighted by atomic mass is 9.66. The zero-order valence-corrected chi connectivity index (χ0v) is 22.5. The van der Waals surface area contributed by atoms with Gasteiger partial charge >= 0.3 is 5.97 Å². The highest BCUT2D eigenvalue weighted by molar-refractivity contribution is 7.10. The molecule has 2 aromatic carbocycles. The number of hydrogen-bond donors (Lipinski definition) is 3. The number of carbonyl (C=O) groups is 1. The number of phenolic OH excluding ortho intramolecular Hbond substituents is 1. The minimum Gasteiger partial charge on any atom is -0.502 e. The minimum absolute atomic E-state index is 0.0153. The van der Waals surface area contributed by atoms with Crippen molar-refractivity contribution in [3.05, 3.63) is 63.2 Å². The Labute approximate surface area is 312 Å². The molecule has 46 heavy (non-hydrogen) atoms. The van der Waals surface area contributed by atoms with E-state index in [0.29, 0.717) is 0 Å². The molecule has 13 nitrogen and oxygen atoms in total. The monoisotopic (exact) mass is 688 g/mol. The molecule has 0 radical (unpaired) electrons. The molecule has 0 spiro atoms. The number of ether oxygens (including phenoxy) is 9. The van der Waals surface area contributed by atoms with Crippen LogP contribution in [0.3, 0.4) is 0 Å². The topological polar surface area (TPSA) is 161 Å². The Morgan fingerprint density at radius 2 is 1.85 bits per heavy atom. The van der Waals surface area contributed by atoms with E-state index in [-0.39, 0.29) is 11.3 Å². The summed E-state index contributed by atoms with van der Waals surface area (Å²) in [5, 5.41) is 12.2. The summed E-state index contributed by atoms with van der Waals surface area (Å²) < 4.78 is 326. The number of aliphatic hydroxyl groups is 2. The molecule has 0 unspecified atom stereocenters. The Morgan fingerprint density at radius 3 is 2.57 bits per heavy atom. The summed E-state index contributed by atoms with van der Waals surface area (Å²) in [6.45, 7) is -12.7. The average Bonchev–Trinajstić information content (AvgIpc) is 3.82. The summed E-state index contributed by atoms with van der Waals surface area (Å²) in [4.78, 5) is 13.6. The second-order valence-electron chi connectivity index (χ2n) is 8.89. The standard InChI is InChI=1S/C32H32O13S/c1-37-19-6-13(7-20(38-2)25(19)33)23-14-8-17-18(42-12-41-17)9-15(14)28(16-10-39-30(36)24(16)23)44-32-27(35)26(34)29-21(43-32)11-40-31(45-29)22-4-3-5-46-22/h3-9,16,21,23-24,26-29,31-35H,10-12H2,1-2H3/t16-,21+,23+,24-,26+,27+,28+,29+,31+,32-/m0/s1/i1D3,2D3,3D,4D,5D,6D,7D,8D,9D,10D2,11D2,12D2,16D,21D,23D,24D,26D,27D,28D,29D,31D,32D,34D,35D/hD. The van der Waals surface area contributed by atoms with Crippen LogP contribution in [0.5, 0.6) is 28.7 Å². The second kappa shape index (κ2) is 11.6. The molecule has 8 rings (SSSR count). The molecule has 0 amide bonds. The van der Waals surface area contributed by atoms with Crippen LogP contribution in [0.1, 0.15) is 79.6 Å². The summed E-state index contributed by atoms with van der Waals surface area (Å²) in [6, 6.07) is -9.55. The van der Waals surface area contributed by atoms with Crippen LogP contribution in [0.2, 0.25) is 0 Å². The number of methoxy groups -OCH3 is 2. The van der Waals surface area contributed by atoms with Gasteiger partial charge in [0.15, 0.2) is 35.5 Å². The Hall–Kier alpha value is -3.63. The van der Waals surface area contributed by atoms with E-state index in [9.17, 15) is 22.6 Å². The summed E-state index contributed by atoms with van der Waals surface area (Å²) in [5.74, 6) is -25.0. The third-order valence-corrected chi connectivity index (χ3v) is 7.09. The number of aromatic hydroxyl groups is 1. The molecule has 3 N–H and O–H groups in total. The average molecular weight is 689 g/mol. The number of hydrogen-bond acceptors (Lipinski definition) is 14. The van der Waals surface area contributed by atoms with Gasteiger partial charge in [-0.3, -0.25) is 4.79 Å². The van der Waals surface area contributed by atoms with E-state index in [2.05, 4.69) is 15.3 Å². The molecule has 4 aliphatic heterocycles. The maximum atomic E-state index is 14.7. The van der Waals surface area contributed by atoms with Crippen molar-refractivity contribution >= 4 is 17.3 Å². The molecule has 5 aliphatic rings. The van der Waals surface area contributed by atoms with E-state index in [1.807, 2.05) is 0 Å².